The van der Waals surface area contributed by atoms with Crippen LogP contribution in [-0.2, 0) is 0 Å². The second-order valence-electron chi connectivity index (χ2n) is 5.25. The number of carbonyl (C=O) groups excluding carboxylic acids is 1. The van der Waals surface area contributed by atoms with E-state index in [4.69, 9.17) is 4.74 Å². The van der Waals surface area contributed by atoms with Crippen molar-refractivity contribution in [2.45, 2.75) is 26.4 Å². The van der Waals surface area contributed by atoms with Gasteiger partial charge in [-0.1, -0.05) is 36.4 Å². The fraction of sp³-hybridized carbons (Fsp3) is 0.222. The van der Waals surface area contributed by atoms with E-state index in [-0.39, 0.29) is 11.9 Å². The lowest BCUT2D eigenvalue weighted by Crippen LogP contribution is -2.25. The van der Waals surface area contributed by atoms with Crippen molar-refractivity contribution in [3.8, 4) is 11.6 Å². The van der Waals surface area contributed by atoms with Gasteiger partial charge >= 0.3 is 0 Å². The molecule has 1 aliphatic heterocycles. The van der Waals surface area contributed by atoms with E-state index in [1.807, 2.05) is 68.5 Å². The number of para-hydroxylation sites is 1. The number of ether oxygens (including phenoxy) is 1. The zero-order valence-corrected chi connectivity index (χ0v) is 12.7. The normalized spacial score (nSPS) is 17.9. The Labute approximate surface area is 129 Å². The van der Waals surface area contributed by atoms with Gasteiger partial charge in [0.25, 0.3) is 0 Å². The summed E-state index contributed by atoms with van der Waals surface area (Å²) in [6.45, 7) is 3.84. The highest BCUT2D eigenvalue weighted by Crippen LogP contribution is 2.33. The number of Topliss-reactive ketones (excluding diaryl/α,β-unsaturated/α-hetero) is 1. The van der Waals surface area contributed by atoms with Crippen molar-refractivity contribution in [1.82, 2.24) is 9.78 Å². The minimum absolute atomic E-state index is 0.0797. The fourth-order valence-electron chi connectivity index (χ4n) is 2.50. The third-order valence-corrected chi connectivity index (χ3v) is 3.49. The van der Waals surface area contributed by atoms with Crippen LogP contribution >= 0.6 is 0 Å². The molecule has 0 radical (unpaired) electrons. The first-order chi connectivity index (χ1) is 10.7. The molecule has 4 nitrogen and oxygen atoms in total. The Morgan fingerprint density at radius 2 is 2.05 bits per heavy atom. The van der Waals surface area contributed by atoms with E-state index >= 15 is 0 Å². The Morgan fingerprint density at radius 3 is 2.77 bits per heavy atom. The van der Waals surface area contributed by atoms with Gasteiger partial charge in [-0.25, -0.2) is 0 Å². The van der Waals surface area contributed by atoms with Crippen LogP contribution in [0.5, 0.6) is 5.88 Å². The number of allylic oxidation sites excluding steroid dienone is 3. The monoisotopic (exact) mass is 294 g/mol. The molecule has 1 aliphatic rings. The van der Waals surface area contributed by atoms with Crippen LogP contribution in [0.15, 0.2) is 48.6 Å². The van der Waals surface area contributed by atoms with Gasteiger partial charge in [0, 0.05) is 6.42 Å². The van der Waals surface area contributed by atoms with E-state index < -0.39 is 0 Å². The largest absolute Gasteiger partial charge is 0.474 e. The van der Waals surface area contributed by atoms with E-state index in [1.165, 1.54) is 0 Å². The summed E-state index contributed by atoms with van der Waals surface area (Å²) >= 11 is 0. The molecule has 0 saturated heterocycles. The van der Waals surface area contributed by atoms with E-state index in [0.29, 0.717) is 23.6 Å². The van der Waals surface area contributed by atoms with Crippen molar-refractivity contribution >= 4 is 11.9 Å². The molecule has 0 aliphatic carbocycles. The lowest BCUT2D eigenvalue weighted by atomic mass is 10.0. The summed E-state index contributed by atoms with van der Waals surface area (Å²) in [7, 11) is 0. The smallest absolute Gasteiger partial charge is 0.228 e. The second-order valence-corrected chi connectivity index (χ2v) is 5.25. The van der Waals surface area contributed by atoms with Crippen molar-refractivity contribution in [1.29, 1.82) is 0 Å². The van der Waals surface area contributed by atoms with Crippen molar-refractivity contribution in [2.24, 2.45) is 0 Å². The average Bonchev–Trinajstić information content (AvgIpc) is 2.87. The van der Waals surface area contributed by atoms with Gasteiger partial charge in [-0.05, 0) is 32.1 Å². The highest BCUT2D eigenvalue weighted by atomic mass is 16.5. The van der Waals surface area contributed by atoms with Crippen LogP contribution in [0.1, 0.15) is 36.3 Å². The van der Waals surface area contributed by atoms with Gasteiger partial charge in [0.15, 0.2) is 5.78 Å². The predicted octanol–water partition coefficient (Wildman–Crippen LogP) is 3.82. The topological polar surface area (TPSA) is 44.1 Å². The first kappa shape index (κ1) is 14.3. The Kier molecular flexibility index (Phi) is 3.92. The molecule has 22 heavy (non-hydrogen) atoms. The molecule has 0 amide bonds. The minimum Gasteiger partial charge on any atom is -0.474 e. The summed E-state index contributed by atoms with van der Waals surface area (Å²) in [5.41, 5.74) is 2.10. The number of benzene rings is 1. The van der Waals surface area contributed by atoms with E-state index in [0.717, 1.165) is 5.69 Å². The Morgan fingerprint density at radius 1 is 1.27 bits per heavy atom. The number of ketones is 1. The molecule has 1 aromatic heterocycles. The average molecular weight is 294 g/mol. The molecule has 0 fully saturated rings. The number of fused-ring (bicyclic) bond motifs is 1. The van der Waals surface area contributed by atoms with Gasteiger partial charge in [0.2, 0.25) is 5.88 Å². The summed E-state index contributed by atoms with van der Waals surface area (Å²) in [4.78, 5) is 12.4. The summed E-state index contributed by atoms with van der Waals surface area (Å²) in [6.07, 6.45) is 7.81. The molecule has 0 bridgehead atoms. The van der Waals surface area contributed by atoms with Crippen LogP contribution in [0.2, 0.25) is 0 Å². The van der Waals surface area contributed by atoms with Crippen LogP contribution in [0, 0.1) is 0 Å². The van der Waals surface area contributed by atoms with Gasteiger partial charge in [-0.2, -0.15) is 9.78 Å². The van der Waals surface area contributed by atoms with Crippen LogP contribution < -0.4 is 4.74 Å². The highest BCUT2D eigenvalue weighted by molar-refractivity contribution is 6.02. The SMILES string of the molecule is C/C=C/C=C/c1nn(-c2ccccc2)c2c1C(=O)CC(C)O2. The maximum absolute atomic E-state index is 12.4. The molecule has 1 aromatic carbocycles. The van der Waals surface area contributed by atoms with Gasteiger partial charge in [0.05, 0.1) is 5.69 Å². The molecular formula is C18H18N2O2. The van der Waals surface area contributed by atoms with Gasteiger partial charge in [-0.3, -0.25) is 4.79 Å². The van der Waals surface area contributed by atoms with Crippen LogP contribution in [0.3, 0.4) is 0 Å². The van der Waals surface area contributed by atoms with E-state index in [1.54, 1.807) is 4.68 Å². The quantitative estimate of drug-likeness (QED) is 0.808. The molecular weight excluding hydrogens is 276 g/mol. The number of hydrogen-bond donors (Lipinski definition) is 0. The number of carbonyl (C=O) groups is 1. The number of aromatic nitrogens is 2. The molecule has 0 N–H and O–H groups in total. The van der Waals surface area contributed by atoms with Gasteiger partial charge in [0.1, 0.15) is 17.4 Å². The lowest BCUT2D eigenvalue weighted by Gasteiger charge is -2.20. The fourth-order valence-corrected chi connectivity index (χ4v) is 2.50. The van der Waals surface area contributed by atoms with Gasteiger partial charge < -0.3 is 4.74 Å². The molecule has 2 aromatic rings. The number of hydrogen-bond acceptors (Lipinski definition) is 3. The van der Waals surface area contributed by atoms with Gasteiger partial charge in [-0.15, -0.1) is 0 Å². The summed E-state index contributed by atoms with van der Waals surface area (Å²) in [6, 6.07) is 9.71. The van der Waals surface area contributed by atoms with Crippen molar-refractivity contribution < 1.29 is 9.53 Å². The summed E-state index contributed by atoms with van der Waals surface area (Å²) in [5, 5.41) is 4.57. The third kappa shape index (κ3) is 2.60. The Balaban J connectivity index is 2.15. The minimum atomic E-state index is -0.133. The zero-order chi connectivity index (χ0) is 15.5. The standard InChI is InChI=1S/C18H18N2O2/c1-3-4-6-11-15-17-16(21)12-13(2)22-18(17)20(19-15)14-9-7-5-8-10-14/h3-11,13H,12H2,1-2H3/b4-3+,11-6+. The van der Waals surface area contributed by atoms with E-state index in [9.17, 15) is 4.79 Å². The molecule has 0 spiro atoms. The van der Waals surface area contributed by atoms with Crippen molar-refractivity contribution in [3.05, 3.63) is 59.8 Å². The molecule has 112 valence electrons. The maximum Gasteiger partial charge on any atom is 0.228 e. The lowest BCUT2D eigenvalue weighted by molar-refractivity contribution is 0.0861. The Bertz CT molecular complexity index is 742. The number of rotatable bonds is 3. The van der Waals surface area contributed by atoms with Crippen LogP contribution in [0.4, 0.5) is 0 Å². The summed E-state index contributed by atoms with van der Waals surface area (Å²) < 4.78 is 7.61. The van der Waals surface area contributed by atoms with Crippen LogP contribution in [0.25, 0.3) is 11.8 Å². The molecule has 1 atom stereocenters. The third-order valence-electron chi connectivity index (χ3n) is 3.49. The highest BCUT2D eigenvalue weighted by Gasteiger charge is 2.31. The predicted molar refractivity (Wildman–Crippen MR) is 86.4 cm³/mol. The molecule has 3 rings (SSSR count). The Hall–Kier alpha value is -2.62. The molecule has 1 unspecified atom stereocenters. The summed E-state index contributed by atoms with van der Waals surface area (Å²) in [5.74, 6) is 0.617. The molecule has 2 heterocycles. The zero-order valence-electron chi connectivity index (χ0n) is 12.7. The first-order valence-electron chi connectivity index (χ1n) is 7.38. The van der Waals surface area contributed by atoms with E-state index in [2.05, 4.69) is 5.10 Å². The van der Waals surface area contributed by atoms with Crippen molar-refractivity contribution in [2.75, 3.05) is 0 Å². The second kappa shape index (κ2) is 6.02. The van der Waals surface area contributed by atoms with Crippen LogP contribution in [-0.4, -0.2) is 21.7 Å². The molecule has 0 saturated carbocycles. The molecule has 4 heteroatoms. The first-order valence-corrected chi connectivity index (χ1v) is 7.38. The maximum atomic E-state index is 12.4. The van der Waals surface area contributed by atoms with Crippen molar-refractivity contribution in [3.63, 3.8) is 0 Å². The number of nitrogens with zero attached hydrogens (tertiary/aromatic N) is 2.